The molecule has 7 nitrogen and oxygen atoms in total. The Labute approximate surface area is 134 Å². The molecule has 1 saturated heterocycles. The highest BCUT2D eigenvalue weighted by Crippen LogP contribution is 2.35. The number of hydrogen-bond acceptors (Lipinski definition) is 5. The van der Waals surface area contributed by atoms with Crippen molar-refractivity contribution in [3.05, 3.63) is 36.7 Å². The van der Waals surface area contributed by atoms with Gasteiger partial charge in [0.2, 0.25) is 5.88 Å². The number of amides is 2. The monoisotopic (exact) mass is 316 g/mol. The van der Waals surface area contributed by atoms with Gasteiger partial charge in [0, 0.05) is 6.54 Å². The number of piperidine rings is 1. The van der Waals surface area contributed by atoms with Crippen LogP contribution in [0.4, 0.5) is 10.5 Å². The van der Waals surface area contributed by atoms with Crippen molar-refractivity contribution in [1.29, 1.82) is 0 Å². The lowest BCUT2D eigenvalue weighted by Crippen LogP contribution is -2.42. The van der Waals surface area contributed by atoms with E-state index < -0.39 is 0 Å². The Morgan fingerprint density at radius 1 is 1.52 bits per heavy atom. The molecule has 2 aromatic heterocycles. The Balaban J connectivity index is 1.79. The molecule has 23 heavy (non-hydrogen) atoms. The number of anilines is 1. The second-order valence-electron chi connectivity index (χ2n) is 5.73. The third-order valence-corrected chi connectivity index (χ3v) is 4.11. The summed E-state index contributed by atoms with van der Waals surface area (Å²) in [7, 11) is 1.51. The molecule has 3 rings (SSSR count). The van der Waals surface area contributed by atoms with Crippen molar-refractivity contribution in [2.75, 3.05) is 19.0 Å². The number of aromatic nitrogens is 2. The molecule has 1 N–H and O–H groups in total. The molecule has 2 amide bonds. The van der Waals surface area contributed by atoms with Crippen LogP contribution in [-0.4, -0.2) is 34.6 Å². The van der Waals surface area contributed by atoms with Gasteiger partial charge >= 0.3 is 6.03 Å². The first-order chi connectivity index (χ1) is 11.2. The maximum Gasteiger partial charge on any atom is 0.322 e. The summed E-state index contributed by atoms with van der Waals surface area (Å²) in [6.07, 6.45) is 6.39. The number of hydrogen-bond donors (Lipinski definition) is 1. The van der Waals surface area contributed by atoms with Gasteiger partial charge in [-0.15, -0.1) is 0 Å². The van der Waals surface area contributed by atoms with Gasteiger partial charge in [-0.05, 0) is 30.9 Å². The Hall–Kier alpha value is -2.57. The molecule has 2 aromatic rings. The number of nitrogens with zero attached hydrogens (tertiary/aromatic N) is 3. The summed E-state index contributed by atoms with van der Waals surface area (Å²) in [5.41, 5.74) is 0.455. The molecule has 0 bridgehead atoms. The molecule has 2 atom stereocenters. The number of furan rings is 1. The Morgan fingerprint density at radius 3 is 3.13 bits per heavy atom. The Bertz CT molecular complexity index is 659. The smallest absolute Gasteiger partial charge is 0.322 e. The first kappa shape index (κ1) is 15.3. The van der Waals surface area contributed by atoms with Gasteiger partial charge in [0.25, 0.3) is 0 Å². The van der Waals surface area contributed by atoms with Crippen molar-refractivity contribution in [2.45, 2.75) is 25.8 Å². The van der Waals surface area contributed by atoms with Crippen LogP contribution in [0.5, 0.6) is 5.88 Å². The van der Waals surface area contributed by atoms with E-state index in [1.54, 1.807) is 11.2 Å². The number of nitrogens with one attached hydrogen (secondary N) is 1. The number of urea groups is 1. The molecule has 1 aliphatic rings. The van der Waals surface area contributed by atoms with Crippen LogP contribution in [-0.2, 0) is 0 Å². The Morgan fingerprint density at radius 2 is 2.39 bits per heavy atom. The van der Waals surface area contributed by atoms with Crippen molar-refractivity contribution in [2.24, 2.45) is 5.92 Å². The van der Waals surface area contributed by atoms with E-state index in [1.807, 2.05) is 12.1 Å². The van der Waals surface area contributed by atoms with E-state index in [2.05, 4.69) is 22.2 Å². The molecular formula is C16H20N4O3. The number of methoxy groups -OCH3 is 1. The fourth-order valence-corrected chi connectivity index (χ4v) is 2.89. The van der Waals surface area contributed by atoms with Crippen molar-refractivity contribution in [3.63, 3.8) is 0 Å². The molecular weight excluding hydrogens is 296 g/mol. The highest BCUT2D eigenvalue weighted by Gasteiger charge is 2.33. The molecule has 0 unspecified atom stereocenters. The van der Waals surface area contributed by atoms with E-state index >= 15 is 0 Å². The maximum absolute atomic E-state index is 12.7. The van der Waals surface area contributed by atoms with Crippen LogP contribution in [0.2, 0.25) is 0 Å². The molecule has 1 fully saturated rings. The molecule has 1 aliphatic heterocycles. The largest absolute Gasteiger partial charge is 0.479 e. The first-order valence-electron chi connectivity index (χ1n) is 7.64. The van der Waals surface area contributed by atoms with E-state index in [0.717, 1.165) is 18.6 Å². The molecule has 3 heterocycles. The third kappa shape index (κ3) is 3.28. The van der Waals surface area contributed by atoms with Crippen LogP contribution in [0.25, 0.3) is 0 Å². The van der Waals surface area contributed by atoms with Gasteiger partial charge in [0.15, 0.2) is 0 Å². The zero-order valence-corrected chi connectivity index (χ0v) is 13.2. The van der Waals surface area contributed by atoms with E-state index in [-0.39, 0.29) is 12.1 Å². The highest BCUT2D eigenvalue weighted by molar-refractivity contribution is 5.90. The minimum absolute atomic E-state index is 0.0654. The molecule has 0 saturated carbocycles. The summed E-state index contributed by atoms with van der Waals surface area (Å²) < 4.78 is 10.7. The highest BCUT2D eigenvalue weighted by atomic mass is 16.5. The minimum Gasteiger partial charge on any atom is -0.479 e. The molecule has 0 radical (unpaired) electrons. The van der Waals surface area contributed by atoms with E-state index in [1.165, 1.54) is 19.6 Å². The normalized spacial score (nSPS) is 21.0. The van der Waals surface area contributed by atoms with E-state index in [0.29, 0.717) is 24.0 Å². The van der Waals surface area contributed by atoms with Crippen LogP contribution >= 0.6 is 0 Å². The molecule has 0 aromatic carbocycles. The fourth-order valence-electron chi connectivity index (χ4n) is 2.89. The Kier molecular flexibility index (Phi) is 4.45. The number of ether oxygens (including phenoxy) is 1. The molecule has 0 aliphatic carbocycles. The number of likely N-dealkylation sites (tertiary alicyclic amines) is 1. The van der Waals surface area contributed by atoms with E-state index in [4.69, 9.17) is 9.15 Å². The standard InChI is InChI=1S/C16H20N4O3/c1-11-5-6-20(13(8-11)14-4-3-7-23-14)16(21)19-12-9-17-10-18-15(12)22-2/h3-4,7,9-11,13H,5-6,8H2,1-2H3,(H,19,21)/t11-,13-/m1/s1. The molecule has 122 valence electrons. The predicted molar refractivity (Wildman–Crippen MR) is 84.2 cm³/mol. The number of rotatable bonds is 3. The molecule has 0 spiro atoms. The quantitative estimate of drug-likeness (QED) is 0.941. The second-order valence-corrected chi connectivity index (χ2v) is 5.73. The van der Waals surface area contributed by atoms with Crippen LogP contribution in [0.15, 0.2) is 35.3 Å². The predicted octanol–water partition coefficient (Wildman–Crippen LogP) is 3.08. The lowest BCUT2D eigenvalue weighted by Gasteiger charge is -2.37. The SMILES string of the molecule is COc1ncncc1NC(=O)N1CC[C@@H](C)C[C@@H]1c1ccco1. The van der Waals surface area contributed by atoms with Gasteiger partial charge in [-0.3, -0.25) is 0 Å². The summed E-state index contributed by atoms with van der Waals surface area (Å²) in [4.78, 5) is 22.4. The van der Waals surface area contributed by atoms with Crippen molar-refractivity contribution >= 4 is 11.7 Å². The van der Waals surface area contributed by atoms with Crippen LogP contribution in [0.1, 0.15) is 31.6 Å². The summed E-state index contributed by atoms with van der Waals surface area (Å²) in [5.74, 6) is 1.69. The zero-order valence-electron chi connectivity index (χ0n) is 13.2. The maximum atomic E-state index is 12.7. The minimum atomic E-state index is -0.202. The summed E-state index contributed by atoms with van der Waals surface area (Å²) >= 11 is 0. The van der Waals surface area contributed by atoms with Crippen molar-refractivity contribution < 1.29 is 13.9 Å². The summed E-state index contributed by atoms with van der Waals surface area (Å²) in [6.45, 7) is 2.87. The number of carbonyl (C=O) groups is 1. The van der Waals surface area contributed by atoms with Crippen LogP contribution < -0.4 is 10.1 Å². The fraction of sp³-hybridized carbons (Fsp3) is 0.438. The van der Waals surface area contributed by atoms with Crippen molar-refractivity contribution in [3.8, 4) is 5.88 Å². The van der Waals surface area contributed by atoms with Gasteiger partial charge in [-0.2, -0.15) is 4.98 Å². The zero-order chi connectivity index (χ0) is 16.2. The first-order valence-corrected chi connectivity index (χ1v) is 7.64. The average molecular weight is 316 g/mol. The van der Waals surface area contributed by atoms with Gasteiger partial charge in [-0.25, -0.2) is 9.78 Å². The second kappa shape index (κ2) is 6.68. The van der Waals surface area contributed by atoms with Crippen LogP contribution in [0, 0.1) is 5.92 Å². The van der Waals surface area contributed by atoms with Gasteiger partial charge in [0.05, 0.1) is 25.6 Å². The topological polar surface area (TPSA) is 80.5 Å². The molecule has 7 heteroatoms. The van der Waals surface area contributed by atoms with Gasteiger partial charge in [0.1, 0.15) is 17.8 Å². The lowest BCUT2D eigenvalue weighted by atomic mass is 9.91. The van der Waals surface area contributed by atoms with Gasteiger partial charge in [-0.1, -0.05) is 6.92 Å². The van der Waals surface area contributed by atoms with E-state index in [9.17, 15) is 4.79 Å². The lowest BCUT2D eigenvalue weighted by molar-refractivity contribution is 0.129. The van der Waals surface area contributed by atoms with Crippen LogP contribution in [0.3, 0.4) is 0 Å². The average Bonchev–Trinajstić information content (AvgIpc) is 3.09. The van der Waals surface area contributed by atoms with Crippen molar-refractivity contribution in [1.82, 2.24) is 14.9 Å². The summed E-state index contributed by atoms with van der Waals surface area (Å²) in [5, 5.41) is 2.83. The number of carbonyl (C=O) groups excluding carboxylic acids is 1. The third-order valence-electron chi connectivity index (χ3n) is 4.11. The summed E-state index contributed by atoms with van der Waals surface area (Å²) in [6, 6.07) is 3.49. The van der Waals surface area contributed by atoms with Gasteiger partial charge < -0.3 is 19.4 Å².